The van der Waals surface area contributed by atoms with Gasteiger partial charge in [0.15, 0.2) is 5.13 Å². The van der Waals surface area contributed by atoms with Crippen LogP contribution in [0.15, 0.2) is 113 Å². The van der Waals surface area contributed by atoms with Crippen LogP contribution >= 0.6 is 46.3 Å². The van der Waals surface area contributed by atoms with Crippen LogP contribution in [0.25, 0.3) is 17.3 Å². The molecule has 14 heteroatoms. The fourth-order valence-corrected chi connectivity index (χ4v) is 6.74. The van der Waals surface area contributed by atoms with Gasteiger partial charge in [0.1, 0.15) is 5.70 Å². The third kappa shape index (κ3) is 9.33. The fraction of sp³-hybridized carbons (Fsp3) is 0.0857. The van der Waals surface area contributed by atoms with Crippen molar-refractivity contribution in [1.29, 1.82) is 0 Å². The Kier molecular flexibility index (Phi) is 11.8. The summed E-state index contributed by atoms with van der Waals surface area (Å²) in [6, 6.07) is 26.5. The molecule has 49 heavy (non-hydrogen) atoms. The number of nitro groups is 1. The minimum absolute atomic E-state index is 0.0499. The molecule has 0 saturated heterocycles. The molecule has 1 heterocycles. The van der Waals surface area contributed by atoms with E-state index in [0.29, 0.717) is 54.6 Å². The zero-order valence-electron chi connectivity index (χ0n) is 25.7. The number of nitrogens with zero attached hydrogens (tertiary/aromatic N) is 2. The minimum atomic E-state index is -0.615. The van der Waals surface area contributed by atoms with Crippen molar-refractivity contribution >= 4 is 86.6 Å². The molecule has 0 aliphatic rings. The van der Waals surface area contributed by atoms with Crippen LogP contribution in [-0.2, 0) is 9.59 Å². The summed E-state index contributed by atoms with van der Waals surface area (Å²) < 4.78 is 0. The van der Waals surface area contributed by atoms with Gasteiger partial charge in [-0.2, -0.15) is 0 Å². The van der Waals surface area contributed by atoms with Gasteiger partial charge in [-0.1, -0.05) is 72.6 Å². The van der Waals surface area contributed by atoms with Crippen molar-refractivity contribution in [2.24, 2.45) is 0 Å². The molecule has 0 radical (unpaired) electrons. The van der Waals surface area contributed by atoms with Crippen LogP contribution in [0.1, 0.15) is 29.3 Å². The number of carbonyl (C=O) groups excluding carboxylic acids is 3. The number of rotatable bonds is 12. The van der Waals surface area contributed by atoms with E-state index in [-0.39, 0.29) is 17.3 Å². The summed E-state index contributed by atoms with van der Waals surface area (Å²) in [6.45, 7) is 1.88. The number of nitrogens with one attached hydrogen (secondary N) is 3. The molecule has 1 atom stereocenters. The van der Waals surface area contributed by atoms with E-state index < -0.39 is 22.0 Å². The molecule has 0 spiro atoms. The molecule has 0 fully saturated rings. The van der Waals surface area contributed by atoms with Crippen molar-refractivity contribution in [2.75, 3.05) is 10.6 Å². The minimum Gasteiger partial charge on any atom is -0.321 e. The summed E-state index contributed by atoms with van der Waals surface area (Å²) >= 11 is 15.2. The Morgan fingerprint density at radius 2 is 1.65 bits per heavy atom. The van der Waals surface area contributed by atoms with Gasteiger partial charge >= 0.3 is 0 Å². The first-order valence-corrected chi connectivity index (χ1v) is 17.2. The van der Waals surface area contributed by atoms with Crippen LogP contribution in [0.4, 0.5) is 16.5 Å². The Morgan fingerprint density at radius 1 is 0.939 bits per heavy atom. The highest BCUT2D eigenvalue weighted by atomic mass is 35.5. The summed E-state index contributed by atoms with van der Waals surface area (Å²) in [5.41, 5.74) is 2.09. The number of aromatic nitrogens is 1. The Hall–Kier alpha value is -5.01. The number of nitro benzene ring substituents is 1. The topological polar surface area (TPSA) is 143 Å². The normalized spacial score (nSPS) is 11.8. The Bertz CT molecular complexity index is 2030. The molecule has 3 N–H and O–H groups in total. The quantitative estimate of drug-likeness (QED) is 0.0503. The highest BCUT2D eigenvalue weighted by molar-refractivity contribution is 8.00. The number of hydrogen-bond donors (Lipinski definition) is 3. The molecule has 0 saturated carbocycles. The molecular weight excluding hydrogens is 705 g/mol. The summed E-state index contributed by atoms with van der Waals surface area (Å²) in [6.07, 6.45) is 1.91. The van der Waals surface area contributed by atoms with E-state index >= 15 is 0 Å². The van der Waals surface area contributed by atoms with E-state index in [1.165, 1.54) is 41.3 Å². The third-order valence-electron chi connectivity index (χ3n) is 6.94. The number of thioether (sulfide) groups is 1. The molecule has 4 aromatic carbocycles. The second-order valence-corrected chi connectivity index (χ2v) is 13.3. The molecule has 248 valence electrons. The summed E-state index contributed by atoms with van der Waals surface area (Å²) in [7, 11) is 0. The van der Waals surface area contributed by atoms with E-state index in [0.717, 1.165) is 0 Å². The second-order valence-electron chi connectivity index (χ2n) is 10.3. The number of carbonyl (C=O) groups is 3. The van der Waals surface area contributed by atoms with Crippen LogP contribution in [-0.4, -0.2) is 32.9 Å². The van der Waals surface area contributed by atoms with Gasteiger partial charge in [-0.25, -0.2) is 4.98 Å². The van der Waals surface area contributed by atoms with Crippen molar-refractivity contribution in [3.63, 3.8) is 0 Å². The third-order valence-corrected chi connectivity index (χ3v) is 9.71. The van der Waals surface area contributed by atoms with Crippen molar-refractivity contribution in [1.82, 2.24) is 10.3 Å². The van der Waals surface area contributed by atoms with Gasteiger partial charge < -0.3 is 16.0 Å². The number of halogens is 2. The van der Waals surface area contributed by atoms with Gasteiger partial charge in [-0.15, -0.1) is 23.1 Å². The highest BCUT2D eigenvalue weighted by Crippen LogP contribution is 2.32. The van der Waals surface area contributed by atoms with Gasteiger partial charge in [0, 0.05) is 54.8 Å². The standard InChI is InChI=1S/C35H27Cl2N5O5S2/c1-2-31(34(45)41-35-40-30(20-48-35)22-11-6-13-24(17-22)42(46)47)49-25-14-7-12-23(18-25)38-33(44)29(19-26-27(36)15-8-16-28(26)37)39-32(43)21-9-4-3-5-10-21/h3-20,31H,2H2,1H3,(H,38,44)(H,39,43)(H,40,41,45)/b29-19+. The molecular formula is C35H27Cl2N5O5S2. The molecule has 3 amide bonds. The maximum absolute atomic E-state index is 13.6. The Balaban J connectivity index is 1.29. The molecule has 0 aliphatic heterocycles. The summed E-state index contributed by atoms with van der Waals surface area (Å²) in [5, 5.41) is 21.7. The number of benzene rings is 4. The Labute approximate surface area is 299 Å². The molecule has 5 aromatic rings. The van der Waals surface area contributed by atoms with E-state index in [2.05, 4.69) is 20.9 Å². The number of hydrogen-bond acceptors (Lipinski definition) is 8. The number of anilines is 2. The van der Waals surface area contributed by atoms with E-state index in [4.69, 9.17) is 23.2 Å². The highest BCUT2D eigenvalue weighted by Gasteiger charge is 2.21. The van der Waals surface area contributed by atoms with Crippen LogP contribution in [0, 0.1) is 10.1 Å². The van der Waals surface area contributed by atoms with Crippen molar-refractivity contribution < 1.29 is 19.3 Å². The van der Waals surface area contributed by atoms with E-state index in [1.54, 1.807) is 84.2 Å². The molecule has 1 unspecified atom stereocenters. The number of amides is 3. The maximum Gasteiger partial charge on any atom is 0.272 e. The lowest BCUT2D eigenvalue weighted by Crippen LogP contribution is -2.30. The van der Waals surface area contributed by atoms with Gasteiger partial charge in [0.25, 0.3) is 17.5 Å². The smallest absolute Gasteiger partial charge is 0.272 e. The maximum atomic E-state index is 13.6. The predicted molar refractivity (Wildman–Crippen MR) is 196 cm³/mol. The average molecular weight is 733 g/mol. The summed E-state index contributed by atoms with van der Waals surface area (Å²) in [4.78, 5) is 55.7. The molecule has 1 aromatic heterocycles. The monoisotopic (exact) mass is 731 g/mol. The van der Waals surface area contributed by atoms with Crippen molar-refractivity contribution in [2.45, 2.75) is 23.5 Å². The van der Waals surface area contributed by atoms with Gasteiger partial charge in [-0.3, -0.25) is 24.5 Å². The largest absolute Gasteiger partial charge is 0.321 e. The van der Waals surface area contributed by atoms with Gasteiger partial charge in [-0.05, 0) is 55.0 Å². The first-order chi connectivity index (χ1) is 23.6. The molecule has 5 rings (SSSR count). The van der Waals surface area contributed by atoms with Gasteiger partial charge in [0.2, 0.25) is 5.91 Å². The fourth-order valence-electron chi connectivity index (χ4n) is 4.50. The average Bonchev–Trinajstić information content (AvgIpc) is 3.57. The lowest BCUT2D eigenvalue weighted by atomic mass is 10.1. The predicted octanol–water partition coefficient (Wildman–Crippen LogP) is 8.94. The van der Waals surface area contributed by atoms with E-state index in [1.807, 2.05) is 13.0 Å². The SMILES string of the molecule is CCC(Sc1cccc(NC(=O)/C(=C\c2c(Cl)cccc2Cl)NC(=O)c2ccccc2)c1)C(=O)Nc1nc(-c2cccc([N+](=O)[O-])c2)cs1. The first kappa shape index (κ1) is 35.3. The van der Waals surface area contributed by atoms with E-state index in [9.17, 15) is 24.5 Å². The summed E-state index contributed by atoms with van der Waals surface area (Å²) in [5.74, 6) is -1.38. The van der Waals surface area contributed by atoms with Gasteiger partial charge in [0.05, 0.1) is 15.9 Å². The number of thiazole rings is 1. The lowest BCUT2D eigenvalue weighted by molar-refractivity contribution is -0.384. The Morgan fingerprint density at radius 3 is 2.37 bits per heavy atom. The number of non-ortho nitro benzene ring substituents is 1. The van der Waals surface area contributed by atoms with Crippen LogP contribution < -0.4 is 16.0 Å². The van der Waals surface area contributed by atoms with Crippen LogP contribution in [0.5, 0.6) is 0 Å². The zero-order chi connectivity index (χ0) is 34.9. The zero-order valence-corrected chi connectivity index (χ0v) is 28.8. The van der Waals surface area contributed by atoms with Crippen molar-refractivity contribution in [3.05, 3.63) is 139 Å². The molecule has 0 bridgehead atoms. The second kappa shape index (κ2) is 16.4. The van der Waals surface area contributed by atoms with Crippen molar-refractivity contribution in [3.8, 4) is 11.3 Å². The van der Waals surface area contributed by atoms with Crippen LogP contribution in [0.3, 0.4) is 0 Å². The first-order valence-electron chi connectivity index (χ1n) is 14.7. The molecule has 0 aliphatic carbocycles. The molecule has 10 nitrogen and oxygen atoms in total. The van der Waals surface area contributed by atoms with Crippen LogP contribution in [0.2, 0.25) is 10.0 Å². The lowest BCUT2D eigenvalue weighted by Gasteiger charge is -2.15.